The third kappa shape index (κ3) is 3.30. The number of nitrogens with one attached hydrogen (secondary N) is 3. The highest BCUT2D eigenvalue weighted by atomic mass is 16.2. The van der Waals surface area contributed by atoms with Gasteiger partial charge in [0.1, 0.15) is 0 Å². The molecule has 5 heteroatoms. The Bertz CT molecular complexity index is 912. The van der Waals surface area contributed by atoms with Crippen LogP contribution < -0.4 is 10.9 Å². The Balaban J connectivity index is 1.61. The van der Waals surface area contributed by atoms with Crippen molar-refractivity contribution in [1.82, 2.24) is 15.8 Å². The molecule has 5 nitrogen and oxygen atoms in total. The van der Waals surface area contributed by atoms with E-state index in [0.29, 0.717) is 5.56 Å². The Kier molecular flexibility index (Phi) is 4.33. The fraction of sp³-hybridized carbons (Fsp3) is 0.158. The zero-order valence-corrected chi connectivity index (χ0v) is 13.6. The second-order valence-corrected chi connectivity index (χ2v) is 5.84. The Morgan fingerprint density at radius 3 is 2.58 bits per heavy atom. The average Bonchev–Trinajstić information content (AvgIpc) is 2.98. The van der Waals surface area contributed by atoms with Crippen molar-refractivity contribution in [1.29, 1.82) is 0 Å². The van der Waals surface area contributed by atoms with Crippen molar-refractivity contribution in [3.8, 4) is 0 Å². The van der Waals surface area contributed by atoms with Crippen molar-refractivity contribution < 1.29 is 9.59 Å². The summed E-state index contributed by atoms with van der Waals surface area (Å²) in [6.45, 7) is 3.93. The lowest BCUT2D eigenvalue weighted by molar-refractivity contribution is -0.121. The van der Waals surface area contributed by atoms with Gasteiger partial charge in [0.25, 0.3) is 5.91 Å². The minimum Gasteiger partial charge on any atom is -0.361 e. The molecule has 0 aliphatic carbocycles. The third-order valence-electron chi connectivity index (χ3n) is 4.11. The summed E-state index contributed by atoms with van der Waals surface area (Å²) in [5, 5.41) is 1.01. The number of aryl methyl sites for hydroxylation is 2. The van der Waals surface area contributed by atoms with Gasteiger partial charge in [-0.3, -0.25) is 20.4 Å². The number of amides is 2. The largest absolute Gasteiger partial charge is 0.361 e. The first-order valence-electron chi connectivity index (χ1n) is 7.76. The molecule has 0 fully saturated rings. The van der Waals surface area contributed by atoms with Gasteiger partial charge in [-0.25, -0.2) is 0 Å². The highest BCUT2D eigenvalue weighted by Gasteiger charge is 2.11. The number of H-pyrrole nitrogens is 1. The number of aromatic amines is 1. The summed E-state index contributed by atoms with van der Waals surface area (Å²) in [7, 11) is 0. The molecule has 0 saturated heterocycles. The highest BCUT2D eigenvalue weighted by molar-refractivity contribution is 5.96. The van der Waals surface area contributed by atoms with Crippen LogP contribution in [-0.4, -0.2) is 16.8 Å². The smallest absolute Gasteiger partial charge is 0.269 e. The third-order valence-corrected chi connectivity index (χ3v) is 4.11. The molecule has 3 rings (SSSR count). The van der Waals surface area contributed by atoms with Crippen LogP contribution in [0.3, 0.4) is 0 Å². The number of rotatable bonds is 3. The van der Waals surface area contributed by atoms with E-state index in [1.54, 1.807) is 12.1 Å². The van der Waals surface area contributed by atoms with E-state index in [4.69, 9.17) is 0 Å². The fourth-order valence-electron chi connectivity index (χ4n) is 2.58. The first kappa shape index (κ1) is 15.8. The SMILES string of the molecule is Cc1ccc(C(=O)NNC(=O)Cc2c[nH]c3ccccc23)cc1C. The molecule has 2 aromatic carbocycles. The summed E-state index contributed by atoms with van der Waals surface area (Å²) >= 11 is 0. The quantitative estimate of drug-likeness (QED) is 0.649. The van der Waals surface area contributed by atoms with Crippen molar-refractivity contribution in [3.05, 3.63) is 70.9 Å². The van der Waals surface area contributed by atoms with Gasteiger partial charge in [0.2, 0.25) is 5.91 Å². The summed E-state index contributed by atoms with van der Waals surface area (Å²) in [4.78, 5) is 27.3. The normalized spacial score (nSPS) is 10.6. The maximum absolute atomic E-state index is 12.1. The van der Waals surface area contributed by atoms with Gasteiger partial charge in [0, 0.05) is 22.7 Å². The maximum Gasteiger partial charge on any atom is 0.269 e. The van der Waals surface area contributed by atoms with E-state index in [1.807, 2.05) is 50.4 Å². The molecule has 3 N–H and O–H groups in total. The standard InChI is InChI=1S/C19H19N3O2/c1-12-7-8-14(9-13(12)2)19(24)22-21-18(23)10-15-11-20-17-6-4-3-5-16(15)17/h3-9,11,20H,10H2,1-2H3,(H,21,23)(H,22,24). The van der Waals surface area contributed by atoms with Crippen LogP contribution in [0.4, 0.5) is 0 Å². The van der Waals surface area contributed by atoms with Gasteiger partial charge < -0.3 is 4.98 Å². The van der Waals surface area contributed by atoms with Crippen LogP contribution in [-0.2, 0) is 11.2 Å². The fourth-order valence-corrected chi connectivity index (χ4v) is 2.58. The number of hydrazine groups is 1. The van der Waals surface area contributed by atoms with Crippen molar-refractivity contribution in [2.24, 2.45) is 0 Å². The van der Waals surface area contributed by atoms with Crippen LogP contribution >= 0.6 is 0 Å². The number of aromatic nitrogens is 1. The number of carbonyl (C=O) groups is 2. The van der Waals surface area contributed by atoms with Crippen molar-refractivity contribution in [3.63, 3.8) is 0 Å². The molecule has 0 spiro atoms. The Morgan fingerprint density at radius 1 is 1.00 bits per heavy atom. The van der Waals surface area contributed by atoms with E-state index < -0.39 is 0 Å². The number of hydrogen-bond donors (Lipinski definition) is 3. The molecule has 0 bridgehead atoms. The molecule has 1 heterocycles. The van der Waals surface area contributed by atoms with Crippen LogP contribution in [0.2, 0.25) is 0 Å². The molecule has 0 aliphatic rings. The molecule has 0 unspecified atom stereocenters. The molecule has 1 aromatic heterocycles. The van der Waals surface area contributed by atoms with Crippen molar-refractivity contribution in [2.45, 2.75) is 20.3 Å². The zero-order chi connectivity index (χ0) is 17.1. The van der Waals surface area contributed by atoms with Gasteiger partial charge in [0.15, 0.2) is 0 Å². The molecule has 0 aliphatic heterocycles. The van der Waals surface area contributed by atoms with Crippen molar-refractivity contribution >= 4 is 22.7 Å². The van der Waals surface area contributed by atoms with Crippen LogP contribution in [0.1, 0.15) is 27.0 Å². The van der Waals surface area contributed by atoms with E-state index in [0.717, 1.165) is 27.6 Å². The Morgan fingerprint density at radius 2 is 1.79 bits per heavy atom. The number of hydrogen-bond acceptors (Lipinski definition) is 2. The van der Waals surface area contributed by atoms with Crippen LogP contribution in [0.25, 0.3) is 10.9 Å². The minimum absolute atomic E-state index is 0.192. The summed E-state index contributed by atoms with van der Waals surface area (Å²) < 4.78 is 0. The van der Waals surface area contributed by atoms with E-state index in [-0.39, 0.29) is 18.2 Å². The number of para-hydroxylation sites is 1. The van der Waals surface area contributed by atoms with Gasteiger partial charge >= 0.3 is 0 Å². The average molecular weight is 321 g/mol. The first-order valence-corrected chi connectivity index (χ1v) is 7.76. The predicted octanol–water partition coefficient (Wildman–Crippen LogP) is 2.79. The zero-order valence-electron chi connectivity index (χ0n) is 13.6. The lowest BCUT2D eigenvalue weighted by atomic mass is 10.1. The lowest BCUT2D eigenvalue weighted by Gasteiger charge is -2.08. The maximum atomic E-state index is 12.1. The second-order valence-electron chi connectivity index (χ2n) is 5.84. The molecule has 0 saturated carbocycles. The van der Waals surface area contributed by atoms with Gasteiger partial charge in [-0.1, -0.05) is 24.3 Å². The van der Waals surface area contributed by atoms with E-state index in [2.05, 4.69) is 15.8 Å². The molecule has 2 amide bonds. The second kappa shape index (κ2) is 6.58. The molecule has 0 radical (unpaired) electrons. The van der Waals surface area contributed by atoms with E-state index in [1.165, 1.54) is 0 Å². The number of benzene rings is 2. The summed E-state index contributed by atoms with van der Waals surface area (Å²) in [5.41, 5.74) is 9.47. The first-order chi connectivity index (χ1) is 11.5. The van der Waals surface area contributed by atoms with Crippen LogP contribution in [0, 0.1) is 13.8 Å². The summed E-state index contributed by atoms with van der Waals surface area (Å²) in [5.74, 6) is -0.595. The summed E-state index contributed by atoms with van der Waals surface area (Å²) in [6, 6.07) is 13.2. The Hall–Kier alpha value is -3.08. The van der Waals surface area contributed by atoms with Crippen molar-refractivity contribution in [2.75, 3.05) is 0 Å². The van der Waals surface area contributed by atoms with Gasteiger partial charge in [0.05, 0.1) is 6.42 Å². The lowest BCUT2D eigenvalue weighted by Crippen LogP contribution is -2.42. The monoisotopic (exact) mass is 321 g/mol. The summed E-state index contributed by atoms with van der Waals surface area (Å²) in [6.07, 6.45) is 2.01. The van der Waals surface area contributed by atoms with E-state index >= 15 is 0 Å². The topological polar surface area (TPSA) is 74.0 Å². The molecular formula is C19H19N3O2. The van der Waals surface area contributed by atoms with Gasteiger partial charge in [-0.05, 0) is 48.7 Å². The van der Waals surface area contributed by atoms with Gasteiger partial charge in [-0.15, -0.1) is 0 Å². The molecule has 24 heavy (non-hydrogen) atoms. The minimum atomic E-state index is -0.328. The molecule has 0 atom stereocenters. The molecular weight excluding hydrogens is 302 g/mol. The molecule has 122 valence electrons. The highest BCUT2D eigenvalue weighted by Crippen LogP contribution is 2.17. The molecule has 3 aromatic rings. The number of fused-ring (bicyclic) bond motifs is 1. The Labute approximate surface area is 140 Å². The predicted molar refractivity (Wildman–Crippen MR) is 93.5 cm³/mol. The number of carbonyl (C=O) groups excluding carboxylic acids is 2. The van der Waals surface area contributed by atoms with E-state index in [9.17, 15) is 9.59 Å². The van der Waals surface area contributed by atoms with Crippen LogP contribution in [0.5, 0.6) is 0 Å². The van der Waals surface area contributed by atoms with Gasteiger partial charge in [-0.2, -0.15) is 0 Å². The van der Waals surface area contributed by atoms with Crippen LogP contribution in [0.15, 0.2) is 48.7 Å².